The molecule has 0 radical (unpaired) electrons. The van der Waals surface area contributed by atoms with Crippen LogP contribution in [0.1, 0.15) is 67.2 Å². The summed E-state index contributed by atoms with van der Waals surface area (Å²) >= 11 is 0. The molecule has 0 aliphatic carbocycles. The summed E-state index contributed by atoms with van der Waals surface area (Å²) in [6.45, 7) is 10.9. The van der Waals surface area contributed by atoms with Crippen LogP contribution < -0.4 is 0 Å². The lowest BCUT2D eigenvalue weighted by Crippen LogP contribution is -2.45. The number of alkyl halides is 6. The Morgan fingerprint density at radius 3 is 1.72 bits per heavy atom. The highest BCUT2D eigenvalue weighted by Gasteiger charge is 2.59. The summed E-state index contributed by atoms with van der Waals surface area (Å²) < 4.78 is 83.0. The average molecular weight is 436 g/mol. The predicted molar refractivity (Wildman–Crippen MR) is 93.8 cm³/mol. The van der Waals surface area contributed by atoms with E-state index in [0.717, 1.165) is 6.42 Å². The lowest BCUT2D eigenvalue weighted by atomic mass is 9.68. The zero-order chi connectivity index (χ0) is 23.3. The van der Waals surface area contributed by atoms with Gasteiger partial charge in [0.25, 0.3) is 6.10 Å². The second-order valence-corrected chi connectivity index (χ2v) is 8.49. The maximum absolute atomic E-state index is 12.5. The third kappa shape index (κ3) is 9.25. The number of hydrogen-bond acceptors (Lipinski definition) is 4. The number of ether oxygens (including phenoxy) is 2. The SMILES string of the molecule is CCC(C)(C)CC(C(=O)OCCC(=O)OC(C(F)(F)F)C(F)(F)F)C(C)(C)CC. The van der Waals surface area contributed by atoms with Gasteiger partial charge in [-0.25, -0.2) is 0 Å². The van der Waals surface area contributed by atoms with Gasteiger partial charge in [-0.1, -0.05) is 54.4 Å². The van der Waals surface area contributed by atoms with E-state index in [2.05, 4.69) is 4.74 Å². The monoisotopic (exact) mass is 436 g/mol. The van der Waals surface area contributed by atoms with Gasteiger partial charge in [-0.2, -0.15) is 26.3 Å². The maximum Gasteiger partial charge on any atom is 0.434 e. The van der Waals surface area contributed by atoms with Crippen molar-refractivity contribution in [3.63, 3.8) is 0 Å². The number of carbonyl (C=O) groups excluding carboxylic acids is 2. The van der Waals surface area contributed by atoms with Crippen LogP contribution >= 0.6 is 0 Å². The molecule has 1 atom stereocenters. The molecular weight excluding hydrogens is 406 g/mol. The van der Waals surface area contributed by atoms with Crippen LogP contribution in [0.4, 0.5) is 26.3 Å². The largest absolute Gasteiger partial charge is 0.465 e. The minimum atomic E-state index is -5.79. The third-order valence-electron chi connectivity index (χ3n) is 5.25. The highest BCUT2D eigenvalue weighted by Crippen LogP contribution is 2.41. The van der Waals surface area contributed by atoms with E-state index in [0.29, 0.717) is 12.8 Å². The third-order valence-corrected chi connectivity index (χ3v) is 5.25. The van der Waals surface area contributed by atoms with E-state index in [4.69, 9.17) is 4.74 Å². The Hall–Kier alpha value is -1.48. The summed E-state index contributed by atoms with van der Waals surface area (Å²) in [4.78, 5) is 23.9. The molecule has 0 N–H and O–H groups in total. The van der Waals surface area contributed by atoms with Gasteiger partial charge in [0.1, 0.15) is 6.61 Å². The highest BCUT2D eigenvalue weighted by atomic mass is 19.4. The number of esters is 2. The highest BCUT2D eigenvalue weighted by molar-refractivity contribution is 5.74. The van der Waals surface area contributed by atoms with Gasteiger partial charge in [0.2, 0.25) is 0 Å². The first kappa shape index (κ1) is 27.5. The lowest BCUT2D eigenvalue weighted by molar-refractivity contribution is -0.313. The summed E-state index contributed by atoms with van der Waals surface area (Å²) in [7, 11) is 0. The van der Waals surface area contributed by atoms with Crippen LogP contribution in [0.3, 0.4) is 0 Å². The van der Waals surface area contributed by atoms with Crippen molar-refractivity contribution in [1.29, 1.82) is 0 Å². The molecule has 0 aromatic rings. The predicted octanol–water partition coefficient (Wildman–Crippen LogP) is 5.83. The van der Waals surface area contributed by atoms with Crippen molar-refractivity contribution >= 4 is 11.9 Å². The average Bonchev–Trinajstić information content (AvgIpc) is 2.55. The van der Waals surface area contributed by atoms with E-state index < -0.39 is 54.8 Å². The van der Waals surface area contributed by atoms with E-state index in [9.17, 15) is 35.9 Å². The number of halogens is 6. The molecule has 10 heteroatoms. The molecule has 0 amide bonds. The maximum atomic E-state index is 12.5. The lowest BCUT2D eigenvalue weighted by Gasteiger charge is -2.37. The fraction of sp³-hybridized carbons (Fsp3) is 0.895. The van der Waals surface area contributed by atoms with Crippen molar-refractivity contribution in [3.8, 4) is 0 Å². The molecule has 0 aliphatic heterocycles. The van der Waals surface area contributed by atoms with Gasteiger partial charge < -0.3 is 9.47 Å². The molecule has 0 heterocycles. The van der Waals surface area contributed by atoms with Crippen molar-refractivity contribution in [2.45, 2.75) is 85.7 Å². The van der Waals surface area contributed by atoms with Crippen molar-refractivity contribution in [2.24, 2.45) is 16.7 Å². The smallest absolute Gasteiger partial charge is 0.434 e. The van der Waals surface area contributed by atoms with Crippen molar-refractivity contribution in [1.82, 2.24) is 0 Å². The molecule has 0 bridgehead atoms. The molecule has 0 saturated carbocycles. The van der Waals surface area contributed by atoms with Crippen LogP contribution in [-0.4, -0.2) is 37.0 Å². The number of carbonyl (C=O) groups is 2. The summed E-state index contributed by atoms with van der Waals surface area (Å²) in [6.07, 6.45) is -14.8. The molecule has 0 spiro atoms. The van der Waals surface area contributed by atoms with E-state index in [1.54, 1.807) is 0 Å². The molecule has 0 aromatic carbocycles. The molecule has 29 heavy (non-hydrogen) atoms. The fourth-order valence-electron chi connectivity index (χ4n) is 2.47. The Bertz CT molecular complexity index is 538. The van der Waals surface area contributed by atoms with Gasteiger partial charge in [0.05, 0.1) is 12.3 Å². The molecular formula is C19H30F6O4. The van der Waals surface area contributed by atoms with Gasteiger partial charge in [0, 0.05) is 0 Å². The van der Waals surface area contributed by atoms with Gasteiger partial charge in [-0.15, -0.1) is 0 Å². The minimum Gasteiger partial charge on any atom is -0.465 e. The Morgan fingerprint density at radius 2 is 1.34 bits per heavy atom. The van der Waals surface area contributed by atoms with Gasteiger partial charge in [-0.05, 0) is 17.3 Å². The van der Waals surface area contributed by atoms with E-state index in [1.807, 2.05) is 41.5 Å². The van der Waals surface area contributed by atoms with Gasteiger partial charge in [0.15, 0.2) is 0 Å². The number of hydrogen-bond donors (Lipinski definition) is 0. The van der Waals surface area contributed by atoms with Crippen LogP contribution in [0.2, 0.25) is 0 Å². The quantitative estimate of drug-likeness (QED) is 0.319. The second kappa shape index (κ2) is 10.0. The topological polar surface area (TPSA) is 52.6 Å². The van der Waals surface area contributed by atoms with Crippen LogP contribution in [0.5, 0.6) is 0 Å². The van der Waals surface area contributed by atoms with E-state index in [-0.39, 0.29) is 5.41 Å². The molecule has 0 aliphatic rings. The Kier molecular flexibility index (Phi) is 9.51. The van der Waals surface area contributed by atoms with Crippen LogP contribution in [0.15, 0.2) is 0 Å². The first-order chi connectivity index (χ1) is 12.9. The fourth-order valence-corrected chi connectivity index (χ4v) is 2.47. The standard InChI is InChI=1S/C19H30F6O4/c1-7-16(3,4)11-12(17(5,6)8-2)14(27)28-10-9-13(26)29-15(18(20,21)22)19(23,24)25/h12,15H,7-11H2,1-6H3. The van der Waals surface area contributed by atoms with Crippen LogP contribution in [0.25, 0.3) is 0 Å². The van der Waals surface area contributed by atoms with Crippen molar-refractivity contribution in [2.75, 3.05) is 6.61 Å². The molecule has 1 unspecified atom stereocenters. The zero-order valence-corrected chi connectivity index (χ0v) is 17.6. The van der Waals surface area contributed by atoms with E-state index in [1.165, 1.54) is 0 Å². The molecule has 172 valence electrons. The zero-order valence-electron chi connectivity index (χ0n) is 17.6. The summed E-state index contributed by atoms with van der Waals surface area (Å²) in [5.74, 6) is -2.94. The normalized spacial score (nSPS) is 14.7. The Morgan fingerprint density at radius 1 is 0.862 bits per heavy atom. The molecule has 0 rings (SSSR count). The molecule has 0 saturated heterocycles. The van der Waals surface area contributed by atoms with Crippen LogP contribution in [0, 0.1) is 16.7 Å². The summed E-state index contributed by atoms with van der Waals surface area (Å²) in [5.41, 5.74) is -0.622. The molecule has 0 fully saturated rings. The van der Waals surface area contributed by atoms with Crippen molar-refractivity contribution < 1.29 is 45.4 Å². The summed E-state index contributed by atoms with van der Waals surface area (Å²) in [6, 6.07) is 0. The van der Waals surface area contributed by atoms with Gasteiger partial charge >= 0.3 is 24.3 Å². The molecule has 4 nitrogen and oxygen atoms in total. The van der Waals surface area contributed by atoms with E-state index >= 15 is 0 Å². The Balaban J connectivity index is 4.98. The van der Waals surface area contributed by atoms with Crippen LogP contribution in [-0.2, 0) is 19.1 Å². The summed E-state index contributed by atoms with van der Waals surface area (Å²) in [5, 5.41) is 0. The first-order valence-corrected chi connectivity index (χ1v) is 9.37. The molecule has 0 aromatic heterocycles. The Labute approximate surface area is 167 Å². The minimum absolute atomic E-state index is 0.179. The second-order valence-electron chi connectivity index (χ2n) is 8.49. The number of rotatable bonds is 10. The van der Waals surface area contributed by atoms with Crippen molar-refractivity contribution in [3.05, 3.63) is 0 Å². The first-order valence-electron chi connectivity index (χ1n) is 9.37. The van der Waals surface area contributed by atoms with Gasteiger partial charge in [-0.3, -0.25) is 9.59 Å².